The van der Waals surface area contributed by atoms with Gasteiger partial charge in [0.15, 0.2) is 5.75 Å². The number of ether oxygens (including phenoxy) is 2. The van der Waals surface area contributed by atoms with Gasteiger partial charge in [0.25, 0.3) is 0 Å². The second kappa shape index (κ2) is 9.35. The zero-order chi connectivity index (χ0) is 20.8. The van der Waals surface area contributed by atoms with E-state index in [1.54, 1.807) is 35.0 Å². The molecule has 1 aliphatic heterocycles. The van der Waals surface area contributed by atoms with Crippen molar-refractivity contribution in [1.29, 1.82) is 0 Å². The van der Waals surface area contributed by atoms with Crippen molar-refractivity contribution in [3.8, 4) is 5.75 Å². The lowest BCUT2D eigenvalue weighted by atomic mass is 10.2. The van der Waals surface area contributed by atoms with Crippen molar-refractivity contribution in [3.05, 3.63) is 58.0 Å². The van der Waals surface area contributed by atoms with E-state index in [-0.39, 0.29) is 23.6 Å². The first-order chi connectivity index (χ1) is 14.0. The summed E-state index contributed by atoms with van der Waals surface area (Å²) in [6, 6.07) is 7.81. The van der Waals surface area contributed by atoms with Crippen molar-refractivity contribution in [2.45, 2.75) is 13.1 Å². The van der Waals surface area contributed by atoms with E-state index in [1.807, 2.05) is 0 Å². The first-order valence-corrected chi connectivity index (χ1v) is 9.23. The van der Waals surface area contributed by atoms with Crippen LogP contribution in [0.25, 0.3) is 0 Å². The Morgan fingerprint density at radius 3 is 2.52 bits per heavy atom. The van der Waals surface area contributed by atoms with Crippen LogP contribution in [0, 0.1) is 0 Å². The van der Waals surface area contributed by atoms with Crippen molar-refractivity contribution < 1.29 is 19.1 Å². The molecule has 2 aromatic rings. The zero-order valence-electron chi connectivity index (χ0n) is 16.2. The maximum absolute atomic E-state index is 12.6. The second-order valence-electron chi connectivity index (χ2n) is 6.70. The van der Waals surface area contributed by atoms with Gasteiger partial charge in [-0.25, -0.2) is 0 Å². The predicted octanol–water partition coefficient (Wildman–Crippen LogP) is 0.427. The largest absolute Gasteiger partial charge is 0.491 e. The number of nitrogens with one attached hydrogen (secondary N) is 1. The molecule has 1 aromatic carbocycles. The van der Waals surface area contributed by atoms with E-state index >= 15 is 0 Å². The molecule has 0 bridgehead atoms. The number of rotatable bonds is 7. The van der Waals surface area contributed by atoms with E-state index in [0.29, 0.717) is 31.0 Å². The summed E-state index contributed by atoms with van der Waals surface area (Å²) in [5, 5.41) is 2.78. The van der Waals surface area contributed by atoms with Gasteiger partial charge < -0.3 is 25.1 Å². The molecule has 0 aliphatic carbocycles. The molecule has 0 spiro atoms. The average molecular weight is 400 g/mol. The highest BCUT2D eigenvalue weighted by atomic mass is 16.5. The van der Waals surface area contributed by atoms with Crippen molar-refractivity contribution in [2.75, 3.05) is 38.7 Å². The van der Waals surface area contributed by atoms with Crippen LogP contribution < -0.4 is 21.2 Å². The van der Waals surface area contributed by atoms with Gasteiger partial charge in [0, 0.05) is 42.6 Å². The quantitative estimate of drug-likeness (QED) is 0.696. The smallest absolute Gasteiger partial charge is 0.248 e. The van der Waals surface area contributed by atoms with Gasteiger partial charge in [-0.05, 0) is 24.3 Å². The number of anilines is 1. The van der Waals surface area contributed by atoms with Gasteiger partial charge in [-0.1, -0.05) is 0 Å². The highest BCUT2D eigenvalue weighted by Crippen LogP contribution is 2.13. The van der Waals surface area contributed by atoms with Crippen molar-refractivity contribution in [1.82, 2.24) is 9.47 Å². The lowest BCUT2D eigenvalue weighted by Gasteiger charge is -2.27. The number of amides is 2. The molecule has 0 atom stereocenters. The van der Waals surface area contributed by atoms with Crippen molar-refractivity contribution in [2.24, 2.45) is 5.73 Å². The summed E-state index contributed by atoms with van der Waals surface area (Å²) in [7, 11) is 1.42. The van der Waals surface area contributed by atoms with Crippen LogP contribution in [-0.4, -0.2) is 54.7 Å². The van der Waals surface area contributed by atoms with Crippen molar-refractivity contribution in [3.63, 3.8) is 0 Å². The summed E-state index contributed by atoms with van der Waals surface area (Å²) < 4.78 is 12.2. The lowest BCUT2D eigenvalue weighted by Crippen LogP contribution is -2.37. The maximum Gasteiger partial charge on any atom is 0.248 e. The fourth-order valence-electron chi connectivity index (χ4n) is 3.09. The molecule has 2 heterocycles. The van der Waals surface area contributed by atoms with Crippen LogP contribution in [0.1, 0.15) is 16.1 Å². The number of carbonyl (C=O) groups is 2. The van der Waals surface area contributed by atoms with Crippen LogP contribution in [0.2, 0.25) is 0 Å². The van der Waals surface area contributed by atoms with E-state index in [2.05, 4.69) is 10.2 Å². The average Bonchev–Trinajstić information content (AvgIpc) is 2.71. The van der Waals surface area contributed by atoms with Gasteiger partial charge in [0.1, 0.15) is 6.54 Å². The summed E-state index contributed by atoms with van der Waals surface area (Å²) in [5.74, 6) is -0.629. The Morgan fingerprint density at radius 1 is 1.21 bits per heavy atom. The van der Waals surface area contributed by atoms with Crippen LogP contribution in [0.15, 0.2) is 41.3 Å². The fourth-order valence-corrected chi connectivity index (χ4v) is 3.09. The Labute approximate surface area is 168 Å². The molecule has 154 valence electrons. The molecule has 9 nitrogen and oxygen atoms in total. The molecule has 9 heteroatoms. The summed E-state index contributed by atoms with van der Waals surface area (Å²) in [5.41, 5.74) is 6.62. The van der Waals surface area contributed by atoms with E-state index in [0.717, 1.165) is 18.8 Å². The van der Waals surface area contributed by atoms with Gasteiger partial charge in [0.05, 0.1) is 26.5 Å². The highest BCUT2D eigenvalue weighted by Gasteiger charge is 2.16. The third kappa shape index (κ3) is 5.43. The molecule has 3 N–H and O–H groups in total. The van der Waals surface area contributed by atoms with Gasteiger partial charge in [0.2, 0.25) is 17.2 Å². The number of nitrogens with zero attached hydrogens (tertiary/aromatic N) is 2. The molecule has 1 aliphatic rings. The molecule has 3 rings (SSSR count). The molecule has 0 saturated carbocycles. The minimum atomic E-state index is -0.531. The molecule has 0 unspecified atom stereocenters. The van der Waals surface area contributed by atoms with Crippen LogP contribution in [0.5, 0.6) is 5.75 Å². The Morgan fingerprint density at radius 2 is 1.90 bits per heavy atom. The normalized spacial score (nSPS) is 14.4. The minimum Gasteiger partial charge on any atom is -0.491 e. The molecule has 29 heavy (non-hydrogen) atoms. The summed E-state index contributed by atoms with van der Waals surface area (Å²) in [6.07, 6.45) is 1.55. The first-order valence-electron chi connectivity index (χ1n) is 9.23. The number of hydrogen-bond acceptors (Lipinski definition) is 6. The summed E-state index contributed by atoms with van der Waals surface area (Å²) in [4.78, 5) is 38.1. The number of morpholine rings is 1. The molecule has 2 amide bonds. The van der Waals surface area contributed by atoms with E-state index in [4.69, 9.17) is 15.2 Å². The maximum atomic E-state index is 12.6. The van der Waals surface area contributed by atoms with E-state index < -0.39 is 5.91 Å². The Hall–Kier alpha value is -3.17. The fraction of sp³-hybridized carbons (Fsp3) is 0.350. The molecule has 1 fully saturated rings. The highest BCUT2D eigenvalue weighted by molar-refractivity contribution is 5.94. The number of nitrogens with two attached hydrogens (primary N) is 1. The third-order valence-corrected chi connectivity index (χ3v) is 4.66. The minimum absolute atomic E-state index is 0.00782. The lowest BCUT2D eigenvalue weighted by molar-refractivity contribution is -0.116. The van der Waals surface area contributed by atoms with E-state index in [1.165, 1.54) is 13.2 Å². The SMILES string of the molecule is COc1cn(CC(=O)Nc2ccc(C(N)=O)cc2)c(CN2CCOCC2)cc1=O. The summed E-state index contributed by atoms with van der Waals surface area (Å²) in [6.45, 7) is 3.35. The van der Waals surface area contributed by atoms with Crippen LogP contribution in [0.4, 0.5) is 5.69 Å². The zero-order valence-corrected chi connectivity index (χ0v) is 16.2. The van der Waals surface area contributed by atoms with Gasteiger partial charge >= 0.3 is 0 Å². The van der Waals surface area contributed by atoms with Crippen LogP contribution in [-0.2, 0) is 22.6 Å². The monoisotopic (exact) mass is 400 g/mol. The molecule has 1 aromatic heterocycles. The number of primary amides is 1. The predicted molar refractivity (Wildman–Crippen MR) is 107 cm³/mol. The topological polar surface area (TPSA) is 116 Å². The van der Waals surface area contributed by atoms with Crippen LogP contribution in [0.3, 0.4) is 0 Å². The summed E-state index contributed by atoms with van der Waals surface area (Å²) >= 11 is 0. The Kier molecular flexibility index (Phi) is 6.63. The Balaban J connectivity index is 1.75. The van der Waals surface area contributed by atoms with Crippen LogP contribution >= 0.6 is 0 Å². The number of benzene rings is 1. The molecule has 1 saturated heterocycles. The number of aromatic nitrogens is 1. The van der Waals surface area contributed by atoms with Gasteiger partial charge in [-0.15, -0.1) is 0 Å². The van der Waals surface area contributed by atoms with Crippen molar-refractivity contribution >= 4 is 17.5 Å². The second-order valence-corrected chi connectivity index (χ2v) is 6.70. The molecule has 0 radical (unpaired) electrons. The number of pyridine rings is 1. The third-order valence-electron chi connectivity index (χ3n) is 4.66. The van der Waals surface area contributed by atoms with Gasteiger partial charge in [-0.3, -0.25) is 19.3 Å². The Bertz CT molecular complexity index is 933. The number of carbonyl (C=O) groups excluding carboxylic acids is 2. The number of methoxy groups -OCH3 is 1. The molecular formula is C20H24N4O5. The standard InChI is InChI=1S/C20H24N4O5/c1-28-18-12-24(16(10-17(18)25)11-23-6-8-29-9-7-23)13-19(26)22-15-4-2-14(3-5-15)20(21)27/h2-5,10,12H,6-9,11,13H2,1H3,(H2,21,27)(H,22,26). The van der Waals surface area contributed by atoms with Gasteiger partial charge in [-0.2, -0.15) is 0 Å². The number of hydrogen-bond donors (Lipinski definition) is 2. The van der Waals surface area contributed by atoms with E-state index in [9.17, 15) is 14.4 Å². The first kappa shape index (κ1) is 20.6. The molecular weight excluding hydrogens is 376 g/mol.